The Kier molecular flexibility index (Phi) is 8.60. The number of anilines is 1. The van der Waals surface area contributed by atoms with E-state index in [0.717, 1.165) is 0 Å². The van der Waals surface area contributed by atoms with Crippen LogP contribution in [0.15, 0.2) is 18.2 Å². The Balaban J connectivity index is 1.90. The molecule has 1 heterocycles. The number of nitrogens with one attached hydrogen (secondary N) is 1. The number of likely N-dealkylation sites (tertiary alicyclic amines) is 1. The molecule has 0 radical (unpaired) electrons. The maximum Gasteiger partial charge on any atom is 0.451 e. The fourth-order valence-corrected chi connectivity index (χ4v) is 3.90. The molecule has 0 aliphatic carbocycles. The third-order valence-corrected chi connectivity index (χ3v) is 6.12. The van der Waals surface area contributed by atoms with E-state index in [2.05, 4.69) is 5.32 Å². The molecule has 1 aromatic rings. The summed E-state index contributed by atoms with van der Waals surface area (Å²) in [5.41, 5.74) is 5.37. The van der Waals surface area contributed by atoms with Gasteiger partial charge >= 0.3 is 19.1 Å². The van der Waals surface area contributed by atoms with Gasteiger partial charge < -0.3 is 31.1 Å². The van der Waals surface area contributed by atoms with Gasteiger partial charge in [-0.15, -0.1) is 0 Å². The van der Waals surface area contributed by atoms with Crippen LogP contribution in [-0.2, 0) is 4.79 Å². The van der Waals surface area contributed by atoms with Gasteiger partial charge in [0.25, 0.3) is 0 Å². The minimum Gasteiger partial charge on any atom is -0.480 e. The number of aliphatic carboxylic acids is 1. The van der Waals surface area contributed by atoms with Crippen LogP contribution in [0.1, 0.15) is 32.1 Å². The number of nitrogens with zero attached hydrogens (tertiary/aromatic N) is 1. The average molecular weight is 446 g/mol. The maximum absolute atomic E-state index is 12.5. The summed E-state index contributed by atoms with van der Waals surface area (Å²) in [6.07, 6.45) is 2.34. The molecule has 11 heteroatoms. The Morgan fingerprint density at radius 1 is 1.21 bits per heavy atom. The number of carboxylic acid groups (broad SMARTS) is 1. The molecule has 1 atom stereocenters. The molecule has 160 valence electrons. The standard InChI is InChI=1S/C18H26BCl2N3O5/c20-14-4-3-13(11-15(14)21)23-17(27)24-9-5-12(6-10-24)18(22,16(25)26)7-1-2-8-19(28)29/h3-4,11-12,28-29H,1-2,5-10,22H2,(H,23,27)(H,25,26). The van der Waals surface area contributed by atoms with Crippen LogP contribution in [0.2, 0.25) is 16.4 Å². The molecule has 1 saturated heterocycles. The maximum atomic E-state index is 12.5. The third-order valence-electron chi connectivity index (χ3n) is 5.38. The molecule has 1 aromatic carbocycles. The van der Waals surface area contributed by atoms with E-state index in [1.807, 2.05) is 0 Å². The SMILES string of the molecule is NC(CCCCB(O)O)(C(=O)O)C1CCN(C(=O)Nc2ccc(Cl)c(Cl)c2)CC1. The number of unbranched alkanes of at least 4 members (excludes halogenated alkanes) is 1. The van der Waals surface area contributed by atoms with Gasteiger partial charge in [0, 0.05) is 18.8 Å². The first kappa shape index (κ1) is 23.8. The Bertz CT molecular complexity index is 731. The van der Waals surface area contributed by atoms with Gasteiger partial charge in [0.1, 0.15) is 5.54 Å². The van der Waals surface area contributed by atoms with Crippen LogP contribution < -0.4 is 11.1 Å². The molecular weight excluding hydrogens is 420 g/mol. The molecule has 2 amide bonds. The molecule has 2 rings (SSSR count). The predicted molar refractivity (Wildman–Crippen MR) is 113 cm³/mol. The highest BCUT2D eigenvalue weighted by molar-refractivity contribution is 6.42. The second-order valence-electron chi connectivity index (χ2n) is 7.39. The molecule has 6 N–H and O–H groups in total. The third kappa shape index (κ3) is 6.48. The highest BCUT2D eigenvalue weighted by Gasteiger charge is 2.43. The molecule has 0 saturated carbocycles. The lowest BCUT2D eigenvalue weighted by Gasteiger charge is -2.40. The smallest absolute Gasteiger partial charge is 0.451 e. The van der Waals surface area contributed by atoms with E-state index in [9.17, 15) is 14.7 Å². The van der Waals surface area contributed by atoms with Crippen molar-refractivity contribution in [3.05, 3.63) is 28.2 Å². The van der Waals surface area contributed by atoms with Crippen LogP contribution in [0.5, 0.6) is 0 Å². The summed E-state index contributed by atoms with van der Waals surface area (Å²) in [5, 5.41) is 31.0. The molecule has 0 aromatic heterocycles. The number of benzene rings is 1. The number of urea groups is 1. The van der Waals surface area contributed by atoms with Crippen molar-refractivity contribution in [2.75, 3.05) is 18.4 Å². The molecule has 29 heavy (non-hydrogen) atoms. The van der Waals surface area contributed by atoms with Gasteiger partial charge in [0.2, 0.25) is 0 Å². The zero-order chi connectivity index (χ0) is 21.6. The quantitative estimate of drug-likeness (QED) is 0.308. The summed E-state index contributed by atoms with van der Waals surface area (Å²) < 4.78 is 0. The van der Waals surface area contributed by atoms with Crippen LogP contribution in [-0.4, -0.2) is 57.8 Å². The number of halogens is 2. The zero-order valence-corrected chi connectivity index (χ0v) is 17.5. The highest BCUT2D eigenvalue weighted by atomic mass is 35.5. The van der Waals surface area contributed by atoms with E-state index in [1.54, 1.807) is 23.1 Å². The lowest BCUT2D eigenvalue weighted by atomic mass is 9.74. The highest BCUT2D eigenvalue weighted by Crippen LogP contribution is 2.32. The first-order valence-corrected chi connectivity index (χ1v) is 10.3. The molecule has 1 unspecified atom stereocenters. The summed E-state index contributed by atoms with van der Waals surface area (Å²) in [7, 11) is -1.40. The fraction of sp³-hybridized carbons (Fsp3) is 0.556. The second kappa shape index (κ2) is 10.5. The molecule has 1 aliphatic rings. The van der Waals surface area contributed by atoms with Crippen LogP contribution >= 0.6 is 23.2 Å². The molecule has 1 fully saturated rings. The lowest BCUT2D eigenvalue weighted by molar-refractivity contribution is -0.146. The molecule has 8 nitrogen and oxygen atoms in total. The Morgan fingerprint density at radius 2 is 1.86 bits per heavy atom. The topological polar surface area (TPSA) is 136 Å². The van der Waals surface area contributed by atoms with Crippen molar-refractivity contribution in [2.24, 2.45) is 11.7 Å². The van der Waals surface area contributed by atoms with Crippen LogP contribution in [0.3, 0.4) is 0 Å². The number of carbonyl (C=O) groups is 2. The van der Waals surface area contributed by atoms with E-state index >= 15 is 0 Å². The number of hydrogen-bond acceptors (Lipinski definition) is 5. The average Bonchev–Trinajstić information content (AvgIpc) is 2.67. The van der Waals surface area contributed by atoms with Gasteiger partial charge in [-0.1, -0.05) is 36.0 Å². The van der Waals surface area contributed by atoms with Gasteiger partial charge in [0.15, 0.2) is 0 Å². The number of carbonyl (C=O) groups excluding carboxylic acids is 1. The largest absolute Gasteiger partial charge is 0.480 e. The normalized spacial score (nSPS) is 16.9. The molecular formula is C18H26BCl2N3O5. The van der Waals surface area contributed by atoms with Gasteiger partial charge in [-0.3, -0.25) is 4.79 Å². The predicted octanol–water partition coefficient (Wildman–Crippen LogP) is 2.66. The first-order valence-electron chi connectivity index (χ1n) is 9.53. The number of amides is 2. The minimum absolute atomic E-state index is 0.184. The van der Waals surface area contributed by atoms with Crippen LogP contribution in [0, 0.1) is 5.92 Å². The second-order valence-corrected chi connectivity index (χ2v) is 8.21. The van der Waals surface area contributed by atoms with Crippen molar-refractivity contribution in [1.82, 2.24) is 4.90 Å². The number of nitrogens with two attached hydrogens (primary N) is 1. The van der Waals surface area contributed by atoms with E-state index in [-0.39, 0.29) is 24.7 Å². The summed E-state index contributed by atoms with van der Waals surface area (Å²) in [5.74, 6) is -1.34. The van der Waals surface area contributed by atoms with Crippen LogP contribution in [0.4, 0.5) is 10.5 Å². The Hall–Kier alpha value is -1.52. The van der Waals surface area contributed by atoms with E-state index in [4.69, 9.17) is 39.0 Å². The minimum atomic E-state index is -1.40. The van der Waals surface area contributed by atoms with Crippen molar-refractivity contribution >= 4 is 48.0 Å². The van der Waals surface area contributed by atoms with Gasteiger partial charge in [-0.25, -0.2) is 4.79 Å². The van der Waals surface area contributed by atoms with Gasteiger partial charge in [0.05, 0.1) is 10.0 Å². The zero-order valence-electron chi connectivity index (χ0n) is 16.0. The van der Waals surface area contributed by atoms with Crippen molar-refractivity contribution in [3.63, 3.8) is 0 Å². The van der Waals surface area contributed by atoms with E-state index in [1.165, 1.54) is 0 Å². The van der Waals surface area contributed by atoms with Gasteiger partial charge in [-0.2, -0.15) is 0 Å². The van der Waals surface area contributed by atoms with Crippen LogP contribution in [0.25, 0.3) is 0 Å². The van der Waals surface area contributed by atoms with Gasteiger partial charge in [-0.05, 0) is 49.7 Å². The summed E-state index contributed by atoms with van der Waals surface area (Å²) in [6, 6.07) is 4.51. The number of rotatable bonds is 8. The Labute approximate surface area is 180 Å². The number of piperidine rings is 1. The first-order chi connectivity index (χ1) is 13.6. The van der Waals surface area contributed by atoms with Crippen molar-refractivity contribution < 1.29 is 24.7 Å². The van der Waals surface area contributed by atoms with E-state index < -0.39 is 18.6 Å². The Morgan fingerprint density at radius 3 is 2.41 bits per heavy atom. The summed E-state index contributed by atoms with van der Waals surface area (Å²) in [4.78, 5) is 25.9. The van der Waals surface area contributed by atoms with Crippen molar-refractivity contribution in [1.29, 1.82) is 0 Å². The molecule has 0 bridgehead atoms. The lowest BCUT2D eigenvalue weighted by Crippen LogP contribution is -2.57. The molecule has 0 spiro atoms. The summed E-state index contributed by atoms with van der Waals surface area (Å²) in [6.45, 7) is 0.777. The van der Waals surface area contributed by atoms with Crippen molar-refractivity contribution in [3.8, 4) is 0 Å². The number of carboxylic acids is 1. The monoisotopic (exact) mass is 445 g/mol. The fourth-order valence-electron chi connectivity index (χ4n) is 3.60. The summed E-state index contributed by atoms with van der Waals surface area (Å²) >= 11 is 11.8. The molecule has 1 aliphatic heterocycles. The van der Waals surface area contributed by atoms with E-state index in [0.29, 0.717) is 54.5 Å². The van der Waals surface area contributed by atoms with Crippen molar-refractivity contribution in [2.45, 2.75) is 44.0 Å². The number of hydrogen-bond donors (Lipinski definition) is 5.